The van der Waals surface area contributed by atoms with Gasteiger partial charge in [-0.2, -0.15) is 18.3 Å². The van der Waals surface area contributed by atoms with Gasteiger partial charge in [-0.3, -0.25) is 4.68 Å². The lowest BCUT2D eigenvalue weighted by Crippen LogP contribution is -2.53. The standard InChI is InChI=1S/C10H13F3N4O2/c11-10(12,13)8-1-3-17(15-8)6-7-5-16(9(18)19)4-2-14-7/h1,3,7,14H,2,4-6H2,(H,18,19)/t7-/m0/s1. The van der Waals surface area contributed by atoms with E-state index >= 15 is 0 Å². The zero-order chi connectivity index (χ0) is 14.0. The summed E-state index contributed by atoms with van der Waals surface area (Å²) in [5.74, 6) is 0. The lowest BCUT2D eigenvalue weighted by atomic mass is 10.2. The molecule has 2 heterocycles. The first kappa shape index (κ1) is 13.7. The van der Waals surface area contributed by atoms with E-state index in [0.29, 0.717) is 13.1 Å². The minimum atomic E-state index is -4.46. The van der Waals surface area contributed by atoms with Crippen LogP contribution in [0.15, 0.2) is 12.3 Å². The molecular weight excluding hydrogens is 265 g/mol. The number of alkyl halides is 3. The maximum atomic E-state index is 12.4. The third-order valence-corrected chi connectivity index (χ3v) is 2.86. The number of nitrogens with one attached hydrogen (secondary N) is 1. The van der Waals surface area contributed by atoms with Crippen LogP contribution >= 0.6 is 0 Å². The van der Waals surface area contributed by atoms with Crippen LogP contribution in [-0.2, 0) is 12.7 Å². The molecule has 1 amide bonds. The van der Waals surface area contributed by atoms with Crippen molar-refractivity contribution >= 4 is 6.09 Å². The molecule has 0 spiro atoms. The summed E-state index contributed by atoms with van der Waals surface area (Å²) in [6, 6.07) is 0.656. The molecule has 1 aromatic heterocycles. The van der Waals surface area contributed by atoms with Crippen LogP contribution in [0.4, 0.5) is 18.0 Å². The van der Waals surface area contributed by atoms with Crippen molar-refractivity contribution < 1.29 is 23.1 Å². The molecular formula is C10H13F3N4O2. The van der Waals surface area contributed by atoms with E-state index in [0.717, 1.165) is 6.07 Å². The molecule has 1 atom stereocenters. The Morgan fingerprint density at radius 2 is 2.32 bits per heavy atom. The van der Waals surface area contributed by atoms with Gasteiger partial charge >= 0.3 is 12.3 Å². The lowest BCUT2D eigenvalue weighted by molar-refractivity contribution is -0.141. The van der Waals surface area contributed by atoms with Crippen molar-refractivity contribution in [3.8, 4) is 0 Å². The van der Waals surface area contributed by atoms with E-state index in [9.17, 15) is 18.0 Å². The molecule has 9 heteroatoms. The van der Waals surface area contributed by atoms with E-state index in [-0.39, 0.29) is 19.1 Å². The second-order valence-electron chi connectivity index (χ2n) is 4.30. The number of aromatic nitrogens is 2. The molecule has 1 aromatic rings. The summed E-state index contributed by atoms with van der Waals surface area (Å²) in [4.78, 5) is 12.0. The largest absolute Gasteiger partial charge is 0.465 e. The van der Waals surface area contributed by atoms with Crippen LogP contribution in [-0.4, -0.2) is 51.6 Å². The average Bonchev–Trinajstić information content (AvgIpc) is 2.77. The number of carboxylic acid groups (broad SMARTS) is 1. The van der Waals surface area contributed by atoms with Crippen LogP contribution in [0.5, 0.6) is 0 Å². The summed E-state index contributed by atoms with van der Waals surface area (Å²) in [5, 5.41) is 15.3. The number of rotatable bonds is 2. The summed E-state index contributed by atoms with van der Waals surface area (Å²) < 4.78 is 38.3. The Labute approximate surface area is 106 Å². The molecule has 2 rings (SSSR count). The van der Waals surface area contributed by atoms with Gasteiger partial charge in [-0.1, -0.05) is 0 Å². The van der Waals surface area contributed by atoms with Gasteiger partial charge in [0.05, 0.1) is 6.54 Å². The molecule has 0 bridgehead atoms. The molecule has 0 aliphatic carbocycles. The summed E-state index contributed by atoms with van der Waals surface area (Å²) in [5.41, 5.74) is -0.946. The normalized spacial score (nSPS) is 20.6. The SMILES string of the molecule is O=C(O)N1CCN[C@H](Cn2ccc(C(F)(F)F)n2)C1. The summed E-state index contributed by atoms with van der Waals surface area (Å²) in [7, 11) is 0. The second kappa shape index (κ2) is 5.08. The van der Waals surface area contributed by atoms with E-state index in [1.165, 1.54) is 15.8 Å². The highest BCUT2D eigenvalue weighted by atomic mass is 19.4. The van der Waals surface area contributed by atoms with Crippen molar-refractivity contribution in [2.24, 2.45) is 0 Å². The molecule has 106 valence electrons. The lowest BCUT2D eigenvalue weighted by Gasteiger charge is -2.31. The molecule has 0 aromatic carbocycles. The number of nitrogens with zero attached hydrogens (tertiary/aromatic N) is 3. The first-order valence-electron chi connectivity index (χ1n) is 5.68. The van der Waals surface area contributed by atoms with Gasteiger partial charge in [0, 0.05) is 31.9 Å². The fraction of sp³-hybridized carbons (Fsp3) is 0.600. The number of piperazine rings is 1. The smallest absolute Gasteiger partial charge is 0.435 e. The Morgan fingerprint density at radius 3 is 2.89 bits per heavy atom. The van der Waals surface area contributed by atoms with Crippen molar-refractivity contribution in [2.45, 2.75) is 18.8 Å². The third-order valence-electron chi connectivity index (χ3n) is 2.86. The Morgan fingerprint density at radius 1 is 1.58 bits per heavy atom. The molecule has 1 fully saturated rings. The number of amides is 1. The molecule has 0 radical (unpaired) electrons. The van der Waals surface area contributed by atoms with E-state index in [1.54, 1.807) is 0 Å². The minimum Gasteiger partial charge on any atom is -0.465 e. The van der Waals surface area contributed by atoms with Gasteiger partial charge in [0.2, 0.25) is 0 Å². The van der Waals surface area contributed by atoms with Crippen molar-refractivity contribution in [1.82, 2.24) is 20.0 Å². The number of halogens is 3. The minimum absolute atomic E-state index is 0.194. The average molecular weight is 278 g/mol. The van der Waals surface area contributed by atoms with Crippen molar-refractivity contribution in [2.75, 3.05) is 19.6 Å². The quantitative estimate of drug-likeness (QED) is 0.841. The highest BCUT2D eigenvalue weighted by Crippen LogP contribution is 2.27. The van der Waals surface area contributed by atoms with Gasteiger partial charge in [0.15, 0.2) is 5.69 Å². The Hall–Kier alpha value is -1.77. The van der Waals surface area contributed by atoms with Crippen molar-refractivity contribution in [3.05, 3.63) is 18.0 Å². The number of hydrogen-bond donors (Lipinski definition) is 2. The van der Waals surface area contributed by atoms with Gasteiger partial charge in [-0.25, -0.2) is 4.79 Å². The zero-order valence-electron chi connectivity index (χ0n) is 9.89. The predicted octanol–water partition coefficient (Wildman–Crippen LogP) is 0.854. The summed E-state index contributed by atoms with van der Waals surface area (Å²) in [6.45, 7) is 1.28. The fourth-order valence-corrected chi connectivity index (χ4v) is 1.96. The molecule has 0 unspecified atom stereocenters. The maximum Gasteiger partial charge on any atom is 0.435 e. The van der Waals surface area contributed by atoms with Crippen LogP contribution in [0.25, 0.3) is 0 Å². The molecule has 1 aliphatic rings. The molecule has 19 heavy (non-hydrogen) atoms. The number of carbonyl (C=O) groups is 1. The Bertz CT molecular complexity index is 460. The summed E-state index contributed by atoms with van der Waals surface area (Å²) >= 11 is 0. The Kier molecular flexibility index (Phi) is 3.65. The molecule has 0 saturated carbocycles. The van der Waals surface area contributed by atoms with Crippen LogP contribution < -0.4 is 5.32 Å². The first-order chi connectivity index (χ1) is 8.86. The topological polar surface area (TPSA) is 70.4 Å². The van der Waals surface area contributed by atoms with Crippen LogP contribution in [0, 0.1) is 0 Å². The van der Waals surface area contributed by atoms with Gasteiger partial charge in [-0.05, 0) is 6.07 Å². The van der Waals surface area contributed by atoms with Crippen LogP contribution in [0.1, 0.15) is 5.69 Å². The van der Waals surface area contributed by atoms with Gasteiger partial charge in [0.1, 0.15) is 0 Å². The van der Waals surface area contributed by atoms with Gasteiger partial charge in [0.25, 0.3) is 0 Å². The Balaban J connectivity index is 1.97. The van der Waals surface area contributed by atoms with Gasteiger partial charge < -0.3 is 15.3 Å². The van der Waals surface area contributed by atoms with Crippen molar-refractivity contribution in [3.63, 3.8) is 0 Å². The van der Waals surface area contributed by atoms with Gasteiger partial charge in [-0.15, -0.1) is 0 Å². The van der Waals surface area contributed by atoms with E-state index in [4.69, 9.17) is 5.11 Å². The first-order valence-corrected chi connectivity index (χ1v) is 5.68. The second-order valence-corrected chi connectivity index (χ2v) is 4.30. The van der Waals surface area contributed by atoms with E-state index < -0.39 is 18.0 Å². The van der Waals surface area contributed by atoms with Crippen LogP contribution in [0.2, 0.25) is 0 Å². The van der Waals surface area contributed by atoms with Crippen LogP contribution in [0.3, 0.4) is 0 Å². The van der Waals surface area contributed by atoms with E-state index in [1.807, 2.05) is 0 Å². The molecule has 6 nitrogen and oxygen atoms in total. The van der Waals surface area contributed by atoms with E-state index in [2.05, 4.69) is 10.4 Å². The summed E-state index contributed by atoms with van der Waals surface area (Å²) in [6.07, 6.45) is -4.24. The zero-order valence-corrected chi connectivity index (χ0v) is 9.89. The molecule has 2 N–H and O–H groups in total. The molecule has 1 aliphatic heterocycles. The third kappa shape index (κ3) is 3.37. The predicted molar refractivity (Wildman–Crippen MR) is 58.6 cm³/mol. The highest BCUT2D eigenvalue weighted by molar-refractivity contribution is 5.65. The molecule has 1 saturated heterocycles. The fourth-order valence-electron chi connectivity index (χ4n) is 1.96. The van der Waals surface area contributed by atoms with Crippen molar-refractivity contribution in [1.29, 1.82) is 0 Å². The highest BCUT2D eigenvalue weighted by Gasteiger charge is 2.33. The maximum absolute atomic E-state index is 12.4. The number of hydrogen-bond acceptors (Lipinski definition) is 3. The monoisotopic (exact) mass is 278 g/mol.